The number of nitrogen functional groups attached to an aromatic ring is 1. The van der Waals surface area contributed by atoms with Gasteiger partial charge in [0.15, 0.2) is 0 Å². The Kier molecular flexibility index (Phi) is 4.51. The smallest absolute Gasteiger partial charge is 0.121 e. The molecular weight excluding hydrogens is 248 g/mol. The second-order valence-corrected chi connectivity index (χ2v) is 5.12. The average molecular weight is 270 g/mol. The minimum Gasteiger partial charge on any atom is -0.491 e. The lowest BCUT2D eigenvalue weighted by atomic mass is 10.2. The summed E-state index contributed by atoms with van der Waals surface area (Å²) in [7, 11) is 0. The number of hydrogen-bond acceptors (Lipinski definition) is 3. The summed E-state index contributed by atoms with van der Waals surface area (Å²) in [5.41, 5.74) is 9.75. The van der Waals surface area contributed by atoms with Crippen LogP contribution in [0.5, 0.6) is 5.75 Å². The molecule has 106 valence electrons. The van der Waals surface area contributed by atoms with Crippen molar-refractivity contribution in [3.05, 3.63) is 48.0 Å². The molecule has 3 heteroatoms. The molecule has 0 saturated heterocycles. The molecule has 0 aliphatic heterocycles. The van der Waals surface area contributed by atoms with Gasteiger partial charge in [-0.3, -0.25) is 0 Å². The monoisotopic (exact) mass is 270 g/mol. The van der Waals surface area contributed by atoms with Crippen molar-refractivity contribution in [3.8, 4) is 5.75 Å². The first kappa shape index (κ1) is 14.3. The van der Waals surface area contributed by atoms with Crippen LogP contribution < -0.4 is 15.8 Å². The van der Waals surface area contributed by atoms with Crippen LogP contribution in [0.15, 0.2) is 42.5 Å². The number of rotatable bonds is 5. The molecule has 3 N–H and O–H groups in total. The fraction of sp³-hybridized carbons (Fsp3) is 0.294. The quantitative estimate of drug-likeness (QED) is 0.786. The van der Waals surface area contributed by atoms with E-state index < -0.39 is 0 Å². The average Bonchev–Trinajstić information content (AvgIpc) is 2.37. The van der Waals surface area contributed by atoms with Crippen LogP contribution >= 0.6 is 0 Å². The molecule has 0 aliphatic carbocycles. The van der Waals surface area contributed by atoms with Crippen LogP contribution in [0.2, 0.25) is 0 Å². The highest BCUT2D eigenvalue weighted by molar-refractivity contribution is 5.65. The Morgan fingerprint density at radius 1 is 1.15 bits per heavy atom. The van der Waals surface area contributed by atoms with E-state index in [1.54, 1.807) is 0 Å². The second-order valence-electron chi connectivity index (χ2n) is 5.12. The SMILES string of the molecule is CCC(C)Oc1cccc(Nc2cc(C)cc(N)c2)c1. The summed E-state index contributed by atoms with van der Waals surface area (Å²) in [6.45, 7) is 6.22. The minimum absolute atomic E-state index is 0.222. The van der Waals surface area contributed by atoms with Gasteiger partial charge >= 0.3 is 0 Å². The summed E-state index contributed by atoms with van der Waals surface area (Å²) < 4.78 is 5.82. The van der Waals surface area contributed by atoms with Crippen molar-refractivity contribution in [3.63, 3.8) is 0 Å². The third-order valence-corrected chi connectivity index (χ3v) is 3.13. The Balaban J connectivity index is 2.15. The van der Waals surface area contributed by atoms with Gasteiger partial charge in [0.05, 0.1) is 6.10 Å². The van der Waals surface area contributed by atoms with E-state index >= 15 is 0 Å². The van der Waals surface area contributed by atoms with Crippen molar-refractivity contribution in [2.75, 3.05) is 11.1 Å². The molecular formula is C17H22N2O. The maximum Gasteiger partial charge on any atom is 0.121 e. The zero-order valence-electron chi connectivity index (χ0n) is 12.3. The first-order valence-corrected chi connectivity index (χ1v) is 6.97. The number of aryl methyl sites for hydroxylation is 1. The highest BCUT2D eigenvalue weighted by Crippen LogP contribution is 2.24. The second kappa shape index (κ2) is 6.33. The Morgan fingerprint density at radius 2 is 1.95 bits per heavy atom. The molecule has 2 rings (SSSR count). The van der Waals surface area contributed by atoms with Gasteiger partial charge in [-0.1, -0.05) is 13.0 Å². The zero-order chi connectivity index (χ0) is 14.5. The minimum atomic E-state index is 0.222. The van der Waals surface area contributed by atoms with Gasteiger partial charge in [-0.05, 0) is 56.2 Å². The van der Waals surface area contributed by atoms with E-state index in [1.807, 2.05) is 43.3 Å². The number of nitrogens with one attached hydrogen (secondary N) is 1. The molecule has 0 spiro atoms. The summed E-state index contributed by atoms with van der Waals surface area (Å²) in [4.78, 5) is 0. The van der Waals surface area contributed by atoms with E-state index in [0.717, 1.165) is 34.8 Å². The van der Waals surface area contributed by atoms with Gasteiger partial charge in [0.1, 0.15) is 5.75 Å². The molecule has 2 aromatic rings. The molecule has 2 aromatic carbocycles. The van der Waals surface area contributed by atoms with Crippen LogP contribution in [0.1, 0.15) is 25.8 Å². The number of ether oxygens (including phenoxy) is 1. The lowest BCUT2D eigenvalue weighted by molar-refractivity contribution is 0.217. The van der Waals surface area contributed by atoms with Crippen molar-refractivity contribution >= 4 is 17.1 Å². The zero-order valence-corrected chi connectivity index (χ0v) is 12.3. The van der Waals surface area contributed by atoms with Gasteiger partial charge in [-0.15, -0.1) is 0 Å². The highest BCUT2D eigenvalue weighted by Gasteiger charge is 2.03. The molecule has 0 saturated carbocycles. The molecule has 0 fully saturated rings. The van der Waals surface area contributed by atoms with Crippen molar-refractivity contribution in [1.29, 1.82) is 0 Å². The number of hydrogen-bond donors (Lipinski definition) is 2. The molecule has 3 nitrogen and oxygen atoms in total. The lowest BCUT2D eigenvalue weighted by Crippen LogP contribution is -2.09. The topological polar surface area (TPSA) is 47.3 Å². The molecule has 0 radical (unpaired) electrons. The predicted octanol–water partition coefficient (Wildman–Crippen LogP) is 4.50. The molecule has 0 amide bonds. The normalized spacial score (nSPS) is 11.9. The largest absolute Gasteiger partial charge is 0.491 e. The molecule has 0 heterocycles. The third kappa shape index (κ3) is 3.92. The van der Waals surface area contributed by atoms with Gasteiger partial charge in [0.2, 0.25) is 0 Å². The number of benzene rings is 2. The number of anilines is 3. The maximum absolute atomic E-state index is 5.86. The molecule has 0 bridgehead atoms. The van der Waals surface area contributed by atoms with Crippen LogP contribution in [0, 0.1) is 6.92 Å². The van der Waals surface area contributed by atoms with Crippen molar-refractivity contribution in [2.45, 2.75) is 33.3 Å². The Labute approximate surface area is 120 Å². The molecule has 0 aliphatic rings. The molecule has 1 unspecified atom stereocenters. The van der Waals surface area contributed by atoms with Gasteiger partial charge in [-0.2, -0.15) is 0 Å². The first-order chi connectivity index (χ1) is 9.56. The van der Waals surface area contributed by atoms with Gasteiger partial charge in [-0.25, -0.2) is 0 Å². The lowest BCUT2D eigenvalue weighted by Gasteiger charge is -2.14. The molecule has 1 atom stereocenters. The van der Waals surface area contributed by atoms with Crippen molar-refractivity contribution in [1.82, 2.24) is 0 Å². The van der Waals surface area contributed by atoms with Crippen LogP contribution in [-0.2, 0) is 0 Å². The molecule has 20 heavy (non-hydrogen) atoms. The van der Waals surface area contributed by atoms with Crippen LogP contribution in [0.4, 0.5) is 17.1 Å². The van der Waals surface area contributed by atoms with Crippen LogP contribution in [0.25, 0.3) is 0 Å². The van der Waals surface area contributed by atoms with E-state index in [-0.39, 0.29) is 6.10 Å². The van der Waals surface area contributed by atoms with Gasteiger partial charge in [0.25, 0.3) is 0 Å². The van der Waals surface area contributed by atoms with E-state index in [2.05, 4.69) is 25.2 Å². The highest BCUT2D eigenvalue weighted by atomic mass is 16.5. The number of nitrogens with two attached hydrogens (primary N) is 1. The maximum atomic E-state index is 5.86. The van der Waals surface area contributed by atoms with Crippen LogP contribution in [-0.4, -0.2) is 6.10 Å². The summed E-state index contributed by atoms with van der Waals surface area (Å²) in [5.74, 6) is 0.880. The van der Waals surface area contributed by atoms with E-state index in [4.69, 9.17) is 10.5 Å². The summed E-state index contributed by atoms with van der Waals surface area (Å²) in [6, 6.07) is 13.9. The van der Waals surface area contributed by atoms with Crippen molar-refractivity contribution < 1.29 is 4.74 Å². The van der Waals surface area contributed by atoms with E-state index in [9.17, 15) is 0 Å². The predicted molar refractivity (Wildman–Crippen MR) is 85.7 cm³/mol. The Hall–Kier alpha value is -2.16. The Bertz CT molecular complexity index is 561. The van der Waals surface area contributed by atoms with E-state index in [0.29, 0.717) is 0 Å². The summed E-state index contributed by atoms with van der Waals surface area (Å²) in [6.07, 6.45) is 1.21. The first-order valence-electron chi connectivity index (χ1n) is 6.97. The fourth-order valence-corrected chi connectivity index (χ4v) is 2.01. The van der Waals surface area contributed by atoms with Gasteiger partial charge < -0.3 is 15.8 Å². The standard InChI is InChI=1S/C17H22N2O/c1-4-13(3)20-17-7-5-6-15(11-17)19-16-9-12(2)8-14(18)10-16/h5-11,13,19H,4,18H2,1-3H3. The molecule has 0 aromatic heterocycles. The third-order valence-electron chi connectivity index (χ3n) is 3.13. The van der Waals surface area contributed by atoms with Crippen LogP contribution in [0.3, 0.4) is 0 Å². The van der Waals surface area contributed by atoms with Crippen molar-refractivity contribution in [2.24, 2.45) is 0 Å². The Morgan fingerprint density at radius 3 is 2.65 bits per heavy atom. The van der Waals surface area contributed by atoms with Gasteiger partial charge in [0, 0.05) is 23.1 Å². The fourth-order valence-electron chi connectivity index (χ4n) is 2.01. The van der Waals surface area contributed by atoms with E-state index in [1.165, 1.54) is 0 Å². The summed E-state index contributed by atoms with van der Waals surface area (Å²) >= 11 is 0. The summed E-state index contributed by atoms with van der Waals surface area (Å²) in [5, 5.41) is 3.36.